The normalized spacial score (nSPS) is 12.5. The van der Waals surface area contributed by atoms with Crippen LogP contribution in [0.5, 0.6) is 0 Å². The molecule has 1 heterocycles. The summed E-state index contributed by atoms with van der Waals surface area (Å²) in [6.07, 6.45) is 3.04. The Labute approximate surface area is 166 Å². The average molecular weight is 448 g/mol. The van der Waals surface area contributed by atoms with Crippen molar-refractivity contribution in [1.82, 2.24) is 15.6 Å². The Kier molecular flexibility index (Phi) is 7.31. The van der Waals surface area contributed by atoms with Gasteiger partial charge in [-0.1, -0.05) is 48.5 Å². The second-order valence-corrected chi connectivity index (χ2v) is 5.89. The number of aromatic nitrogens is 1. The lowest BCUT2D eigenvalue weighted by atomic mass is 10.1. The SMILES string of the molecule is CN=C(NCCc1c[nH]c2ccccc12)NC(C)c1ccccc1.I. The number of H-pyrrole nitrogens is 1. The van der Waals surface area contributed by atoms with Gasteiger partial charge >= 0.3 is 0 Å². The molecule has 0 aliphatic carbocycles. The molecule has 0 amide bonds. The molecule has 1 unspecified atom stereocenters. The Morgan fingerprint density at radius 1 is 1.08 bits per heavy atom. The van der Waals surface area contributed by atoms with Crippen LogP contribution in [0, 0.1) is 0 Å². The maximum Gasteiger partial charge on any atom is 0.191 e. The Hall–Kier alpha value is -2.02. The van der Waals surface area contributed by atoms with E-state index in [2.05, 4.69) is 82.3 Å². The molecular weight excluding hydrogens is 423 g/mol. The minimum Gasteiger partial charge on any atom is -0.361 e. The highest BCUT2D eigenvalue weighted by molar-refractivity contribution is 14.0. The molecule has 0 bridgehead atoms. The molecule has 0 aliphatic rings. The standard InChI is InChI=1S/C20H24N4.HI/c1-15(16-8-4-3-5-9-16)24-20(21-2)22-13-12-17-14-23-19-11-7-6-10-18(17)19;/h3-11,14-15,23H,12-13H2,1-2H3,(H2,21,22,24);1H. The molecule has 0 fully saturated rings. The van der Waals surface area contributed by atoms with Crippen molar-refractivity contribution in [2.24, 2.45) is 4.99 Å². The summed E-state index contributed by atoms with van der Waals surface area (Å²) in [6, 6.07) is 19.0. The van der Waals surface area contributed by atoms with Gasteiger partial charge in [-0.25, -0.2) is 0 Å². The average Bonchev–Trinajstić information content (AvgIpc) is 3.05. The minimum absolute atomic E-state index is 0. The molecule has 1 aromatic heterocycles. The van der Waals surface area contributed by atoms with Gasteiger partial charge in [0.1, 0.15) is 0 Å². The third kappa shape index (κ3) is 4.98. The Balaban J connectivity index is 0.00000225. The van der Waals surface area contributed by atoms with Crippen LogP contribution in [0.15, 0.2) is 65.8 Å². The summed E-state index contributed by atoms with van der Waals surface area (Å²) < 4.78 is 0. The van der Waals surface area contributed by atoms with E-state index in [0.29, 0.717) is 0 Å². The van der Waals surface area contributed by atoms with E-state index in [9.17, 15) is 0 Å². The van der Waals surface area contributed by atoms with Gasteiger partial charge in [-0.3, -0.25) is 4.99 Å². The zero-order chi connectivity index (χ0) is 16.8. The maximum absolute atomic E-state index is 4.32. The van der Waals surface area contributed by atoms with E-state index < -0.39 is 0 Å². The van der Waals surface area contributed by atoms with Gasteiger partial charge in [-0.2, -0.15) is 0 Å². The molecule has 1 atom stereocenters. The number of halogens is 1. The van der Waals surface area contributed by atoms with E-state index >= 15 is 0 Å². The van der Waals surface area contributed by atoms with Gasteiger partial charge in [0, 0.05) is 30.7 Å². The zero-order valence-electron chi connectivity index (χ0n) is 14.6. The number of aliphatic imine (C=N–C) groups is 1. The first-order valence-electron chi connectivity index (χ1n) is 8.35. The minimum atomic E-state index is 0. The lowest BCUT2D eigenvalue weighted by Gasteiger charge is -2.18. The smallest absolute Gasteiger partial charge is 0.191 e. The summed E-state index contributed by atoms with van der Waals surface area (Å²) in [5, 5.41) is 8.12. The number of benzene rings is 2. The molecule has 0 spiro atoms. The van der Waals surface area contributed by atoms with Crippen molar-refractivity contribution < 1.29 is 0 Å². The maximum atomic E-state index is 4.32. The Morgan fingerprint density at radius 2 is 1.80 bits per heavy atom. The van der Waals surface area contributed by atoms with Gasteiger partial charge in [-0.15, -0.1) is 24.0 Å². The van der Waals surface area contributed by atoms with Gasteiger partial charge in [-0.05, 0) is 30.5 Å². The first-order chi connectivity index (χ1) is 11.8. The number of nitrogens with one attached hydrogen (secondary N) is 3. The largest absolute Gasteiger partial charge is 0.361 e. The topological polar surface area (TPSA) is 52.2 Å². The highest BCUT2D eigenvalue weighted by Gasteiger charge is 2.07. The number of aromatic amines is 1. The Bertz CT molecular complexity index is 811. The molecule has 132 valence electrons. The molecule has 25 heavy (non-hydrogen) atoms. The number of guanidine groups is 1. The fourth-order valence-corrected chi connectivity index (χ4v) is 2.88. The van der Waals surface area contributed by atoms with Crippen LogP contribution in [0.1, 0.15) is 24.1 Å². The summed E-state index contributed by atoms with van der Waals surface area (Å²) in [7, 11) is 1.80. The predicted octanol–water partition coefficient (Wildman–Crippen LogP) is 4.25. The quantitative estimate of drug-likeness (QED) is 0.311. The summed E-state index contributed by atoms with van der Waals surface area (Å²) in [5.41, 5.74) is 3.76. The van der Waals surface area contributed by atoms with Crippen molar-refractivity contribution in [1.29, 1.82) is 0 Å². The molecule has 0 radical (unpaired) electrons. The van der Waals surface area contributed by atoms with Crippen LogP contribution in [0.2, 0.25) is 0 Å². The van der Waals surface area contributed by atoms with Crippen LogP contribution in [0.3, 0.4) is 0 Å². The molecule has 5 heteroatoms. The van der Waals surface area contributed by atoms with E-state index in [4.69, 9.17) is 0 Å². The van der Waals surface area contributed by atoms with Gasteiger partial charge in [0.25, 0.3) is 0 Å². The summed E-state index contributed by atoms with van der Waals surface area (Å²) >= 11 is 0. The van der Waals surface area contributed by atoms with Gasteiger partial charge < -0.3 is 15.6 Å². The van der Waals surface area contributed by atoms with E-state index in [1.54, 1.807) is 7.05 Å². The summed E-state index contributed by atoms with van der Waals surface area (Å²) in [5.74, 6) is 0.825. The number of fused-ring (bicyclic) bond motifs is 1. The third-order valence-corrected chi connectivity index (χ3v) is 4.24. The van der Waals surface area contributed by atoms with Crippen LogP contribution in [0.25, 0.3) is 10.9 Å². The molecule has 4 nitrogen and oxygen atoms in total. The molecule has 2 aromatic carbocycles. The molecule has 0 saturated heterocycles. The first-order valence-corrected chi connectivity index (χ1v) is 8.35. The van der Waals surface area contributed by atoms with Crippen LogP contribution in [0.4, 0.5) is 0 Å². The second kappa shape index (κ2) is 9.46. The number of hydrogen-bond donors (Lipinski definition) is 3. The third-order valence-electron chi connectivity index (χ3n) is 4.24. The molecule has 0 saturated carbocycles. The zero-order valence-corrected chi connectivity index (χ0v) is 17.0. The van der Waals surface area contributed by atoms with Crippen molar-refractivity contribution >= 4 is 40.8 Å². The van der Waals surface area contributed by atoms with Gasteiger partial charge in [0.2, 0.25) is 0 Å². The highest BCUT2D eigenvalue weighted by Crippen LogP contribution is 2.17. The molecule has 0 aliphatic heterocycles. The molecule has 3 aromatic rings. The fourth-order valence-electron chi connectivity index (χ4n) is 2.88. The predicted molar refractivity (Wildman–Crippen MR) is 117 cm³/mol. The van der Waals surface area contributed by atoms with E-state index in [1.807, 2.05) is 6.07 Å². The summed E-state index contributed by atoms with van der Waals surface area (Å²) in [4.78, 5) is 7.64. The monoisotopic (exact) mass is 448 g/mol. The van der Waals surface area contributed by atoms with Crippen molar-refractivity contribution in [3.63, 3.8) is 0 Å². The van der Waals surface area contributed by atoms with E-state index in [0.717, 1.165) is 18.9 Å². The van der Waals surface area contributed by atoms with Gasteiger partial charge in [0.15, 0.2) is 5.96 Å². The van der Waals surface area contributed by atoms with Crippen molar-refractivity contribution in [2.45, 2.75) is 19.4 Å². The van der Waals surface area contributed by atoms with E-state index in [1.165, 1.54) is 22.0 Å². The molecular formula is C20H25IN4. The number of para-hydroxylation sites is 1. The van der Waals surface area contributed by atoms with Crippen LogP contribution < -0.4 is 10.6 Å². The van der Waals surface area contributed by atoms with Crippen LogP contribution in [-0.4, -0.2) is 24.5 Å². The first kappa shape index (κ1) is 19.3. The van der Waals surface area contributed by atoms with Crippen molar-refractivity contribution in [3.8, 4) is 0 Å². The van der Waals surface area contributed by atoms with Crippen LogP contribution >= 0.6 is 24.0 Å². The molecule has 3 rings (SSSR count). The summed E-state index contributed by atoms with van der Waals surface area (Å²) in [6.45, 7) is 2.98. The van der Waals surface area contributed by atoms with E-state index in [-0.39, 0.29) is 30.0 Å². The van der Waals surface area contributed by atoms with Crippen molar-refractivity contribution in [3.05, 3.63) is 71.9 Å². The fraction of sp³-hybridized carbons (Fsp3) is 0.250. The number of nitrogens with zero attached hydrogens (tertiary/aromatic N) is 1. The Morgan fingerprint density at radius 3 is 2.56 bits per heavy atom. The number of rotatable bonds is 5. The lowest BCUT2D eigenvalue weighted by Crippen LogP contribution is -2.39. The lowest BCUT2D eigenvalue weighted by molar-refractivity contribution is 0.684. The number of hydrogen-bond acceptors (Lipinski definition) is 1. The second-order valence-electron chi connectivity index (χ2n) is 5.89. The van der Waals surface area contributed by atoms with Crippen LogP contribution in [-0.2, 0) is 6.42 Å². The highest BCUT2D eigenvalue weighted by atomic mass is 127. The van der Waals surface area contributed by atoms with Gasteiger partial charge in [0.05, 0.1) is 6.04 Å². The molecule has 3 N–H and O–H groups in total. The van der Waals surface area contributed by atoms with Crippen molar-refractivity contribution in [2.75, 3.05) is 13.6 Å².